The molecule has 0 aliphatic heterocycles. The normalized spacial score (nSPS) is 10.1. The predicted molar refractivity (Wildman–Crippen MR) is 107 cm³/mol. The van der Waals surface area contributed by atoms with Crippen molar-refractivity contribution in [3.05, 3.63) is 84.4 Å². The minimum Gasteiger partial charge on any atom is -0.462 e. The second-order valence-electron chi connectivity index (χ2n) is 5.79. The maximum absolute atomic E-state index is 12.3. The monoisotopic (exact) mass is 360 g/mol. The van der Waals surface area contributed by atoms with Gasteiger partial charge < -0.3 is 15.4 Å². The van der Waals surface area contributed by atoms with E-state index in [1.165, 1.54) is 0 Å². The highest BCUT2D eigenvalue weighted by Crippen LogP contribution is 2.21. The van der Waals surface area contributed by atoms with Gasteiger partial charge in [0.25, 0.3) is 0 Å². The van der Waals surface area contributed by atoms with Crippen LogP contribution in [0.2, 0.25) is 0 Å². The van der Waals surface area contributed by atoms with Gasteiger partial charge in [0.15, 0.2) is 0 Å². The molecule has 0 aliphatic rings. The third kappa shape index (κ3) is 4.73. The molecule has 0 spiro atoms. The summed E-state index contributed by atoms with van der Waals surface area (Å²) >= 11 is 0. The number of nitrogens with one attached hydrogen (secondary N) is 2. The van der Waals surface area contributed by atoms with Crippen molar-refractivity contribution >= 4 is 23.4 Å². The highest BCUT2D eigenvalue weighted by Gasteiger charge is 2.13. The lowest BCUT2D eigenvalue weighted by Crippen LogP contribution is -2.21. The Bertz CT molecular complexity index is 922. The minimum absolute atomic E-state index is 0.271. The number of carbonyl (C=O) groups excluding carboxylic acids is 2. The lowest BCUT2D eigenvalue weighted by molar-refractivity contribution is 0.0527. The number of ether oxygens (including phenoxy) is 1. The van der Waals surface area contributed by atoms with Crippen molar-refractivity contribution in [1.29, 1.82) is 0 Å². The number of hydrogen-bond acceptors (Lipinski definition) is 3. The SMILES string of the molecule is CCOC(=O)c1ccccc1NC(=O)Nc1ccc(-c2ccccc2)cc1. The van der Waals surface area contributed by atoms with Crippen LogP contribution in [0.4, 0.5) is 16.2 Å². The van der Waals surface area contributed by atoms with E-state index >= 15 is 0 Å². The van der Waals surface area contributed by atoms with Crippen LogP contribution in [0.3, 0.4) is 0 Å². The van der Waals surface area contributed by atoms with Gasteiger partial charge in [-0.1, -0.05) is 54.6 Å². The summed E-state index contributed by atoms with van der Waals surface area (Å²) in [6.07, 6.45) is 0. The third-order valence-electron chi connectivity index (χ3n) is 3.92. The number of hydrogen-bond donors (Lipinski definition) is 2. The molecule has 0 aliphatic carbocycles. The Kier molecular flexibility index (Phi) is 5.84. The first-order valence-corrected chi connectivity index (χ1v) is 8.67. The Morgan fingerprint density at radius 3 is 2.11 bits per heavy atom. The minimum atomic E-state index is -0.472. The van der Waals surface area contributed by atoms with Gasteiger partial charge in [0.05, 0.1) is 17.9 Å². The fraction of sp³-hybridized carbons (Fsp3) is 0.0909. The van der Waals surface area contributed by atoms with Gasteiger partial charge in [-0.2, -0.15) is 0 Å². The number of carbonyl (C=O) groups is 2. The third-order valence-corrected chi connectivity index (χ3v) is 3.92. The molecule has 0 atom stereocenters. The van der Waals surface area contributed by atoms with E-state index in [1.54, 1.807) is 31.2 Å². The fourth-order valence-corrected chi connectivity index (χ4v) is 2.64. The van der Waals surface area contributed by atoms with Crippen LogP contribution < -0.4 is 10.6 Å². The van der Waals surface area contributed by atoms with Crippen molar-refractivity contribution in [3.63, 3.8) is 0 Å². The van der Waals surface area contributed by atoms with Crippen LogP contribution >= 0.6 is 0 Å². The molecule has 0 radical (unpaired) electrons. The largest absolute Gasteiger partial charge is 0.462 e. The summed E-state index contributed by atoms with van der Waals surface area (Å²) in [6, 6.07) is 23.8. The predicted octanol–water partition coefficient (Wildman–Crippen LogP) is 5.17. The van der Waals surface area contributed by atoms with Crippen LogP contribution in [-0.4, -0.2) is 18.6 Å². The van der Waals surface area contributed by atoms with E-state index in [4.69, 9.17) is 4.74 Å². The molecule has 3 rings (SSSR count). The van der Waals surface area contributed by atoms with Crippen LogP contribution in [0.1, 0.15) is 17.3 Å². The zero-order valence-electron chi connectivity index (χ0n) is 14.9. The van der Waals surface area contributed by atoms with E-state index in [2.05, 4.69) is 10.6 Å². The van der Waals surface area contributed by atoms with Gasteiger partial charge in [-0.25, -0.2) is 9.59 Å². The molecule has 0 fully saturated rings. The summed E-state index contributed by atoms with van der Waals surface area (Å²) in [5, 5.41) is 5.46. The van der Waals surface area contributed by atoms with Crippen molar-refractivity contribution in [3.8, 4) is 11.1 Å². The molecular weight excluding hydrogens is 340 g/mol. The lowest BCUT2D eigenvalue weighted by atomic mass is 10.1. The van der Waals surface area contributed by atoms with Gasteiger partial charge in [-0.3, -0.25) is 0 Å². The van der Waals surface area contributed by atoms with Crippen molar-refractivity contribution in [2.24, 2.45) is 0 Å². The van der Waals surface area contributed by atoms with Gasteiger partial charge in [0.1, 0.15) is 0 Å². The van der Waals surface area contributed by atoms with Gasteiger partial charge in [-0.15, -0.1) is 0 Å². The number of rotatable bonds is 5. The Labute approximate surface area is 158 Å². The molecule has 136 valence electrons. The molecule has 0 bridgehead atoms. The van der Waals surface area contributed by atoms with E-state index in [1.807, 2.05) is 54.6 Å². The molecule has 27 heavy (non-hydrogen) atoms. The summed E-state index contributed by atoms with van der Waals surface area (Å²) in [5.74, 6) is -0.472. The molecule has 0 aromatic heterocycles. The summed E-state index contributed by atoms with van der Waals surface area (Å²) in [6.45, 7) is 2.01. The van der Waals surface area contributed by atoms with E-state index in [9.17, 15) is 9.59 Å². The van der Waals surface area contributed by atoms with Crippen LogP contribution in [-0.2, 0) is 4.74 Å². The average Bonchev–Trinajstić information content (AvgIpc) is 2.70. The molecule has 2 amide bonds. The molecule has 0 unspecified atom stereocenters. The molecule has 2 N–H and O–H groups in total. The molecule has 5 nitrogen and oxygen atoms in total. The zero-order valence-corrected chi connectivity index (χ0v) is 14.9. The first-order valence-electron chi connectivity index (χ1n) is 8.67. The Balaban J connectivity index is 1.67. The standard InChI is InChI=1S/C22H20N2O3/c1-2-27-21(25)19-10-6-7-11-20(19)24-22(26)23-18-14-12-17(13-15-18)16-8-4-3-5-9-16/h3-15H,2H2,1H3,(H2,23,24,26). The molecule has 0 heterocycles. The Hall–Kier alpha value is -3.60. The van der Waals surface area contributed by atoms with Crippen molar-refractivity contribution < 1.29 is 14.3 Å². The fourth-order valence-electron chi connectivity index (χ4n) is 2.64. The average molecular weight is 360 g/mol. The van der Waals surface area contributed by atoms with E-state index in [0.29, 0.717) is 16.9 Å². The first kappa shape index (κ1) is 18.2. The molecule has 3 aromatic carbocycles. The second kappa shape index (κ2) is 8.67. The van der Waals surface area contributed by atoms with E-state index < -0.39 is 12.0 Å². The number of esters is 1. The summed E-state index contributed by atoms with van der Waals surface area (Å²) in [4.78, 5) is 24.3. The lowest BCUT2D eigenvalue weighted by Gasteiger charge is -2.11. The smallest absolute Gasteiger partial charge is 0.340 e. The number of amides is 2. The van der Waals surface area contributed by atoms with Crippen LogP contribution in [0.15, 0.2) is 78.9 Å². The zero-order chi connectivity index (χ0) is 19.1. The van der Waals surface area contributed by atoms with Crippen molar-refractivity contribution in [2.45, 2.75) is 6.92 Å². The maximum atomic E-state index is 12.3. The number of anilines is 2. The summed E-state index contributed by atoms with van der Waals surface area (Å²) in [5.41, 5.74) is 3.54. The highest BCUT2D eigenvalue weighted by atomic mass is 16.5. The van der Waals surface area contributed by atoms with Crippen LogP contribution in [0.25, 0.3) is 11.1 Å². The number of urea groups is 1. The molecule has 3 aromatic rings. The highest BCUT2D eigenvalue weighted by molar-refractivity contribution is 6.05. The van der Waals surface area contributed by atoms with Gasteiger partial charge >= 0.3 is 12.0 Å². The quantitative estimate of drug-likeness (QED) is 0.617. The van der Waals surface area contributed by atoms with Crippen molar-refractivity contribution in [2.75, 3.05) is 17.2 Å². The number of benzene rings is 3. The first-order chi connectivity index (χ1) is 13.2. The topological polar surface area (TPSA) is 67.4 Å². The van der Waals surface area contributed by atoms with Gasteiger partial charge in [-0.05, 0) is 42.3 Å². The molecule has 0 saturated heterocycles. The summed E-state index contributed by atoms with van der Waals surface area (Å²) < 4.78 is 5.01. The van der Waals surface area contributed by atoms with Crippen LogP contribution in [0.5, 0.6) is 0 Å². The molecular formula is C22H20N2O3. The van der Waals surface area contributed by atoms with E-state index in [-0.39, 0.29) is 6.61 Å². The van der Waals surface area contributed by atoms with Crippen LogP contribution in [0, 0.1) is 0 Å². The molecule has 5 heteroatoms. The summed E-state index contributed by atoms with van der Waals surface area (Å²) in [7, 11) is 0. The molecule has 0 saturated carbocycles. The van der Waals surface area contributed by atoms with Crippen molar-refractivity contribution in [1.82, 2.24) is 0 Å². The maximum Gasteiger partial charge on any atom is 0.340 e. The number of para-hydroxylation sites is 1. The van der Waals surface area contributed by atoms with Gasteiger partial charge in [0.2, 0.25) is 0 Å². The van der Waals surface area contributed by atoms with E-state index in [0.717, 1.165) is 11.1 Å². The van der Waals surface area contributed by atoms with Gasteiger partial charge in [0, 0.05) is 5.69 Å². The second-order valence-corrected chi connectivity index (χ2v) is 5.79. The Morgan fingerprint density at radius 2 is 1.41 bits per heavy atom. The Morgan fingerprint density at radius 1 is 0.778 bits per heavy atom.